The van der Waals surface area contributed by atoms with Crippen molar-refractivity contribution in [3.8, 4) is 11.1 Å². The van der Waals surface area contributed by atoms with E-state index < -0.39 is 18.6 Å². The van der Waals surface area contributed by atoms with Crippen LogP contribution in [0.1, 0.15) is 22.6 Å². The number of aliphatic carboxylic acids is 1. The van der Waals surface area contributed by atoms with Gasteiger partial charge in [-0.3, -0.25) is 9.63 Å². The number of fused-ring (bicyclic) bond motifs is 3. The van der Waals surface area contributed by atoms with Crippen molar-refractivity contribution in [3.05, 3.63) is 95.6 Å². The van der Waals surface area contributed by atoms with Crippen LogP contribution in [0.5, 0.6) is 0 Å². The molecule has 0 radical (unpaired) electrons. The fraction of sp³-hybridized carbons (Fsp3) is 0.167. The molecule has 6 nitrogen and oxygen atoms in total. The van der Waals surface area contributed by atoms with E-state index in [0.29, 0.717) is 0 Å². The highest BCUT2D eigenvalue weighted by molar-refractivity contribution is 5.79. The van der Waals surface area contributed by atoms with Crippen molar-refractivity contribution in [2.45, 2.75) is 12.5 Å². The Kier molecular flexibility index (Phi) is 5.77. The van der Waals surface area contributed by atoms with Crippen LogP contribution in [0.15, 0.2) is 78.9 Å². The number of hydrogen-bond donors (Lipinski definition) is 1. The standard InChI is InChI=1S/C24H21NO5/c26-23(27)14-25(30-15-17-8-2-1-3-9-17)24(28)29-16-22-20-12-6-4-10-18(20)19-11-5-7-13-21(19)22/h1-13,22H,14-16H2,(H,26,27). The molecule has 0 aliphatic heterocycles. The van der Waals surface area contributed by atoms with Crippen LogP contribution in [0.2, 0.25) is 0 Å². The van der Waals surface area contributed by atoms with Crippen molar-refractivity contribution in [2.75, 3.05) is 13.2 Å². The van der Waals surface area contributed by atoms with E-state index in [1.54, 1.807) is 0 Å². The number of carboxylic acids is 1. The van der Waals surface area contributed by atoms with Crippen molar-refractivity contribution in [1.82, 2.24) is 5.06 Å². The average molecular weight is 403 g/mol. The molecule has 3 aromatic carbocycles. The Hall–Kier alpha value is -3.64. The van der Waals surface area contributed by atoms with Gasteiger partial charge in [0.05, 0.1) is 0 Å². The Morgan fingerprint density at radius 2 is 1.40 bits per heavy atom. The van der Waals surface area contributed by atoms with Gasteiger partial charge in [0.2, 0.25) is 0 Å². The van der Waals surface area contributed by atoms with Crippen LogP contribution in [0, 0.1) is 0 Å². The second kappa shape index (κ2) is 8.80. The fourth-order valence-electron chi connectivity index (χ4n) is 3.68. The average Bonchev–Trinajstić information content (AvgIpc) is 3.09. The van der Waals surface area contributed by atoms with Gasteiger partial charge in [-0.2, -0.15) is 5.06 Å². The first-order chi connectivity index (χ1) is 14.6. The van der Waals surface area contributed by atoms with Gasteiger partial charge in [-0.1, -0.05) is 78.9 Å². The van der Waals surface area contributed by atoms with Crippen LogP contribution < -0.4 is 0 Å². The van der Waals surface area contributed by atoms with Crippen LogP contribution in [-0.2, 0) is 21.0 Å². The van der Waals surface area contributed by atoms with Crippen LogP contribution >= 0.6 is 0 Å². The van der Waals surface area contributed by atoms with Crippen LogP contribution in [0.4, 0.5) is 4.79 Å². The maximum atomic E-state index is 12.6. The highest BCUT2D eigenvalue weighted by Crippen LogP contribution is 2.44. The Bertz CT molecular complexity index is 1000. The summed E-state index contributed by atoms with van der Waals surface area (Å²) in [5.74, 6) is -1.29. The van der Waals surface area contributed by atoms with Gasteiger partial charge in [0.1, 0.15) is 19.8 Å². The summed E-state index contributed by atoms with van der Waals surface area (Å²) in [6.45, 7) is -0.445. The van der Waals surface area contributed by atoms with Gasteiger partial charge in [0, 0.05) is 5.92 Å². The number of hydroxylamine groups is 2. The molecule has 30 heavy (non-hydrogen) atoms. The lowest BCUT2D eigenvalue weighted by Crippen LogP contribution is -2.36. The molecule has 0 atom stereocenters. The summed E-state index contributed by atoms with van der Waals surface area (Å²) in [7, 11) is 0. The van der Waals surface area contributed by atoms with Gasteiger partial charge in [-0.05, 0) is 27.8 Å². The predicted molar refractivity (Wildman–Crippen MR) is 111 cm³/mol. The zero-order valence-corrected chi connectivity index (χ0v) is 16.2. The van der Waals surface area contributed by atoms with Crippen LogP contribution in [0.3, 0.4) is 0 Å². The molecular weight excluding hydrogens is 382 g/mol. The third kappa shape index (κ3) is 4.18. The van der Waals surface area contributed by atoms with Crippen molar-refractivity contribution in [2.24, 2.45) is 0 Å². The molecule has 152 valence electrons. The quantitative estimate of drug-likeness (QED) is 0.590. The minimum Gasteiger partial charge on any atom is -0.480 e. The third-order valence-electron chi connectivity index (χ3n) is 5.05. The number of carboxylic acid groups (broad SMARTS) is 1. The summed E-state index contributed by atoms with van der Waals surface area (Å²) in [5, 5.41) is 9.89. The van der Waals surface area contributed by atoms with E-state index in [0.717, 1.165) is 32.9 Å². The molecule has 6 heteroatoms. The molecule has 0 bridgehead atoms. The summed E-state index contributed by atoms with van der Waals surface area (Å²) in [5.41, 5.74) is 5.23. The molecule has 1 N–H and O–H groups in total. The zero-order valence-electron chi connectivity index (χ0n) is 16.2. The van der Waals surface area contributed by atoms with E-state index in [1.165, 1.54) is 0 Å². The number of carbonyl (C=O) groups excluding carboxylic acids is 1. The van der Waals surface area contributed by atoms with Gasteiger partial charge < -0.3 is 9.84 Å². The Balaban J connectivity index is 1.46. The summed E-state index contributed by atoms with van der Waals surface area (Å²) >= 11 is 0. The van der Waals surface area contributed by atoms with Gasteiger partial charge in [-0.25, -0.2) is 4.79 Å². The summed E-state index contributed by atoms with van der Waals surface area (Å²) in [6, 6.07) is 25.2. The molecule has 1 aliphatic rings. The van der Waals surface area contributed by atoms with E-state index in [4.69, 9.17) is 14.7 Å². The topological polar surface area (TPSA) is 76.1 Å². The van der Waals surface area contributed by atoms with Gasteiger partial charge in [0.15, 0.2) is 0 Å². The lowest BCUT2D eigenvalue weighted by molar-refractivity contribution is -0.168. The highest BCUT2D eigenvalue weighted by Gasteiger charge is 2.30. The molecule has 1 amide bonds. The van der Waals surface area contributed by atoms with E-state index in [-0.39, 0.29) is 19.1 Å². The first-order valence-corrected chi connectivity index (χ1v) is 9.64. The number of rotatable bonds is 7. The molecule has 0 unspecified atom stereocenters. The summed E-state index contributed by atoms with van der Waals surface area (Å²) < 4.78 is 5.49. The number of carbonyl (C=O) groups is 2. The smallest absolute Gasteiger partial charge is 0.434 e. The number of amides is 1. The lowest BCUT2D eigenvalue weighted by atomic mass is 9.98. The molecule has 4 rings (SSSR count). The molecule has 3 aromatic rings. The molecule has 0 saturated carbocycles. The molecule has 0 heterocycles. The molecular formula is C24H21NO5. The Morgan fingerprint density at radius 1 is 0.833 bits per heavy atom. The molecule has 0 aromatic heterocycles. The SMILES string of the molecule is O=C(O)CN(OCc1ccccc1)C(=O)OCC1c2ccccc2-c2ccccc21. The normalized spacial score (nSPS) is 12.1. The summed E-state index contributed by atoms with van der Waals surface area (Å²) in [4.78, 5) is 29.2. The molecule has 0 spiro atoms. The van der Waals surface area contributed by atoms with E-state index in [9.17, 15) is 9.59 Å². The highest BCUT2D eigenvalue weighted by atomic mass is 16.7. The first-order valence-electron chi connectivity index (χ1n) is 9.64. The maximum absolute atomic E-state index is 12.6. The molecule has 0 saturated heterocycles. The van der Waals surface area contributed by atoms with Crippen molar-refractivity contribution < 1.29 is 24.3 Å². The first kappa shape index (κ1) is 19.7. The summed E-state index contributed by atoms with van der Waals surface area (Å²) in [6.07, 6.45) is -0.824. The van der Waals surface area contributed by atoms with Gasteiger partial charge in [0.25, 0.3) is 0 Å². The number of nitrogens with zero attached hydrogens (tertiary/aromatic N) is 1. The zero-order chi connectivity index (χ0) is 20.9. The predicted octanol–water partition coefficient (Wildman–Crippen LogP) is 4.45. The van der Waals surface area contributed by atoms with Gasteiger partial charge in [-0.15, -0.1) is 0 Å². The van der Waals surface area contributed by atoms with Crippen molar-refractivity contribution in [3.63, 3.8) is 0 Å². The minimum absolute atomic E-state index is 0.0678. The Labute approximate surface area is 174 Å². The molecule has 1 aliphatic carbocycles. The van der Waals surface area contributed by atoms with Gasteiger partial charge >= 0.3 is 12.1 Å². The van der Waals surface area contributed by atoms with Crippen LogP contribution in [0.25, 0.3) is 11.1 Å². The van der Waals surface area contributed by atoms with Crippen LogP contribution in [-0.4, -0.2) is 35.4 Å². The number of benzene rings is 3. The number of hydrogen-bond acceptors (Lipinski definition) is 4. The molecule has 0 fully saturated rings. The fourth-order valence-corrected chi connectivity index (χ4v) is 3.68. The third-order valence-corrected chi connectivity index (χ3v) is 5.05. The van der Waals surface area contributed by atoms with Crippen molar-refractivity contribution >= 4 is 12.1 Å². The second-order valence-electron chi connectivity index (χ2n) is 6.99. The maximum Gasteiger partial charge on any atom is 0.434 e. The van der Waals surface area contributed by atoms with E-state index >= 15 is 0 Å². The van der Waals surface area contributed by atoms with E-state index in [2.05, 4.69) is 12.1 Å². The second-order valence-corrected chi connectivity index (χ2v) is 6.99. The minimum atomic E-state index is -1.18. The van der Waals surface area contributed by atoms with Crippen molar-refractivity contribution in [1.29, 1.82) is 0 Å². The number of ether oxygens (including phenoxy) is 1. The lowest BCUT2D eigenvalue weighted by Gasteiger charge is -2.21. The van der Waals surface area contributed by atoms with E-state index in [1.807, 2.05) is 66.7 Å². The monoisotopic (exact) mass is 403 g/mol. The largest absolute Gasteiger partial charge is 0.480 e. The Morgan fingerprint density at radius 3 is 2.00 bits per heavy atom.